The molecule has 1 unspecified atom stereocenters. The molecule has 1 aliphatic heterocycles. The van der Waals surface area contributed by atoms with Crippen molar-refractivity contribution in [1.29, 1.82) is 0 Å². The zero-order valence-corrected chi connectivity index (χ0v) is 11.9. The molecule has 106 valence electrons. The first-order valence-electron chi connectivity index (χ1n) is 7.35. The van der Waals surface area contributed by atoms with Crippen LogP contribution in [0.5, 0.6) is 0 Å². The number of hydrogen-bond donors (Lipinski definition) is 1. The summed E-state index contributed by atoms with van der Waals surface area (Å²) in [5, 5.41) is 4.75. The highest BCUT2D eigenvalue weighted by molar-refractivity contribution is 5.50. The molecule has 1 aromatic carbocycles. The van der Waals surface area contributed by atoms with Crippen LogP contribution in [-0.4, -0.2) is 16.4 Å². The van der Waals surface area contributed by atoms with Gasteiger partial charge in [-0.3, -0.25) is 0 Å². The number of benzene rings is 1. The van der Waals surface area contributed by atoms with Crippen molar-refractivity contribution in [2.75, 3.05) is 12.3 Å². The van der Waals surface area contributed by atoms with Crippen molar-refractivity contribution in [3.63, 3.8) is 0 Å². The minimum Gasteiger partial charge on any atom is -0.383 e. The molecule has 1 aromatic heterocycles. The third kappa shape index (κ3) is 2.31. The Morgan fingerprint density at radius 3 is 2.80 bits per heavy atom. The van der Waals surface area contributed by atoms with E-state index in [-0.39, 0.29) is 6.10 Å². The molecule has 0 spiro atoms. The quantitative estimate of drug-likeness (QED) is 0.928. The smallest absolute Gasteiger partial charge is 0.130 e. The van der Waals surface area contributed by atoms with Crippen molar-refractivity contribution in [3.05, 3.63) is 41.6 Å². The van der Waals surface area contributed by atoms with Crippen molar-refractivity contribution in [1.82, 2.24) is 9.78 Å². The van der Waals surface area contributed by atoms with Crippen LogP contribution in [0.4, 0.5) is 5.82 Å². The van der Waals surface area contributed by atoms with E-state index in [0.29, 0.717) is 0 Å². The molecule has 0 amide bonds. The topological polar surface area (TPSA) is 53.1 Å². The Morgan fingerprint density at radius 1 is 1.35 bits per heavy atom. The molecule has 4 nitrogen and oxygen atoms in total. The highest BCUT2D eigenvalue weighted by Gasteiger charge is 2.26. The first-order valence-corrected chi connectivity index (χ1v) is 7.35. The summed E-state index contributed by atoms with van der Waals surface area (Å²) < 4.78 is 7.65. The first-order chi connectivity index (χ1) is 9.81. The van der Waals surface area contributed by atoms with Crippen LogP contribution >= 0.6 is 0 Å². The van der Waals surface area contributed by atoms with E-state index in [1.165, 1.54) is 0 Å². The van der Waals surface area contributed by atoms with Crippen LogP contribution in [0, 0.1) is 0 Å². The molecule has 1 fully saturated rings. The van der Waals surface area contributed by atoms with Crippen LogP contribution in [0.2, 0.25) is 0 Å². The Hall–Kier alpha value is -1.81. The second kappa shape index (κ2) is 5.67. The molecule has 0 radical (unpaired) electrons. The summed E-state index contributed by atoms with van der Waals surface area (Å²) in [4.78, 5) is 0. The van der Waals surface area contributed by atoms with Crippen LogP contribution in [0.1, 0.15) is 43.5 Å². The number of hydrogen-bond acceptors (Lipinski definition) is 3. The van der Waals surface area contributed by atoms with Gasteiger partial charge < -0.3 is 10.5 Å². The lowest BCUT2D eigenvalue weighted by Crippen LogP contribution is -2.02. The molecule has 0 bridgehead atoms. The molecule has 1 atom stereocenters. The maximum absolute atomic E-state index is 6.33. The van der Waals surface area contributed by atoms with E-state index in [4.69, 9.17) is 15.6 Å². The van der Waals surface area contributed by atoms with Gasteiger partial charge in [-0.05, 0) is 31.4 Å². The molecule has 20 heavy (non-hydrogen) atoms. The summed E-state index contributed by atoms with van der Waals surface area (Å²) in [5.74, 6) is 0.753. The van der Waals surface area contributed by atoms with E-state index < -0.39 is 0 Å². The molecule has 1 saturated heterocycles. The highest BCUT2D eigenvalue weighted by atomic mass is 16.5. The fourth-order valence-electron chi connectivity index (χ4n) is 2.81. The van der Waals surface area contributed by atoms with Crippen LogP contribution in [-0.2, 0) is 11.2 Å². The van der Waals surface area contributed by atoms with Gasteiger partial charge in [0.15, 0.2) is 0 Å². The summed E-state index contributed by atoms with van der Waals surface area (Å²) in [5.41, 5.74) is 9.53. The summed E-state index contributed by atoms with van der Waals surface area (Å²) >= 11 is 0. The predicted molar refractivity (Wildman–Crippen MR) is 79.9 cm³/mol. The monoisotopic (exact) mass is 271 g/mol. The number of nitrogens with two attached hydrogens (primary N) is 1. The lowest BCUT2D eigenvalue weighted by molar-refractivity contribution is 0.107. The van der Waals surface area contributed by atoms with Crippen molar-refractivity contribution >= 4 is 5.82 Å². The largest absolute Gasteiger partial charge is 0.383 e. The van der Waals surface area contributed by atoms with Gasteiger partial charge in [-0.2, -0.15) is 5.10 Å². The molecular weight excluding hydrogens is 250 g/mol. The van der Waals surface area contributed by atoms with Crippen LogP contribution < -0.4 is 5.73 Å². The van der Waals surface area contributed by atoms with Gasteiger partial charge in [-0.15, -0.1) is 0 Å². The normalized spacial score (nSPS) is 18.6. The SMILES string of the molecule is CCCc1c(C2CCCO2)nn(-c2ccccc2)c1N. The van der Waals surface area contributed by atoms with Gasteiger partial charge in [0.2, 0.25) is 0 Å². The molecule has 3 rings (SSSR count). The summed E-state index contributed by atoms with van der Waals surface area (Å²) in [6, 6.07) is 10.1. The van der Waals surface area contributed by atoms with E-state index >= 15 is 0 Å². The molecule has 0 saturated carbocycles. The van der Waals surface area contributed by atoms with E-state index in [1.807, 2.05) is 35.0 Å². The predicted octanol–water partition coefficient (Wildman–Crippen LogP) is 3.26. The van der Waals surface area contributed by atoms with Crippen LogP contribution in [0.25, 0.3) is 5.69 Å². The number of aromatic nitrogens is 2. The second-order valence-corrected chi connectivity index (χ2v) is 5.25. The van der Waals surface area contributed by atoms with Crippen LogP contribution in [0.3, 0.4) is 0 Å². The van der Waals surface area contributed by atoms with Gasteiger partial charge >= 0.3 is 0 Å². The minimum atomic E-state index is 0.115. The highest BCUT2D eigenvalue weighted by Crippen LogP contribution is 2.34. The van der Waals surface area contributed by atoms with Gasteiger partial charge in [-0.1, -0.05) is 31.5 Å². The van der Waals surface area contributed by atoms with Gasteiger partial charge in [0, 0.05) is 12.2 Å². The summed E-state index contributed by atoms with van der Waals surface area (Å²) in [6.07, 6.45) is 4.28. The molecule has 2 N–H and O–H groups in total. The molecular formula is C16H21N3O. The fourth-order valence-corrected chi connectivity index (χ4v) is 2.81. The maximum Gasteiger partial charge on any atom is 0.130 e. The van der Waals surface area contributed by atoms with E-state index in [2.05, 4.69) is 6.92 Å². The number of anilines is 1. The Bertz CT molecular complexity index is 571. The standard InChI is InChI=1S/C16H21N3O/c1-2-7-13-15(14-10-6-11-20-14)18-19(16(13)17)12-8-4-3-5-9-12/h3-5,8-9,14H,2,6-7,10-11,17H2,1H3. The van der Waals surface area contributed by atoms with Crippen molar-refractivity contribution in [2.24, 2.45) is 0 Å². The number of para-hydroxylation sites is 1. The Labute approximate surface area is 119 Å². The molecule has 0 aliphatic carbocycles. The van der Waals surface area contributed by atoms with E-state index in [0.717, 1.165) is 55.1 Å². The molecule has 1 aliphatic rings. The Balaban J connectivity index is 2.05. The van der Waals surface area contributed by atoms with Gasteiger partial charge in [-0.25, -0.2) is 4.68 Å². The van der Waals surface area contributed by atoms with Gasteiger partial charge in [0.05, 0.1) is 11.4 Å². The third-order valence-corrected chi connectivity index (χ3v) is 3.79. The second-order valence-electron chi connectivity index (χ2n) is 5.25. The van der Waals surface area contributed by atoms with Crippen molar-refractivity contribution in [3.8, 4) is 5.69 Å². The average Bonchev–Trinajstić information content (AvgIpc) is 3.10. The van der Waals surface area contributed by atoms with E-state index in [1.54, 1.807) is 0 Å². The molecule has 2 aromatic rings. The summed E-state index contributed by atoms with van der Waals surface area (Å²) in [7, 11) is 0. The zero-order valence-electron chi connectivity index (χ0n) is 11.9. The summed E-state index contributed by atoms with van der Waals surface area (Å²) in [6.45, 7) is 2.99. The van der Waals surface area contributed by atoms with Crippen molar-refractivity contribution in [2.45, 2.75) is 38.7 Å². The first kappa shape index (κ1) is 13.2. The number of ether oxygens (including phenoxy) is 1. The van der Waals surface area contributed by atoms with Gasteiger partial charge in [0.1, 0.15) is 11.9 Å². The Kier molecular flexibility index (Phi) is 3.74. The van der Waals surface area contributed by atoms with Crippen molar-refractivity contribution < 1.29 is 4.74 Å². The Morgan fingerprint density at radius 2 is 2.15 bits per heavy atom. The number of nitrogen functional groups attached to an aromatic ring is 1. The maximum atomic E-state index is 6.33. The third-order valence-electron chi connectivity index (χ3n) is 3.79. The lowest BCUT2D eigenvalue weighted by atomic mass is 10.0. The number of rotatable bonds is 4. The fraction of sp³-hybridized carbons (Fsp3) is 0.438. The van der Waals surface area contributed by atoms with Gasteiger partial charge in [0.25, 0.3) is 0 Å². The lowest BCUT2D eigenvalue weighted by Gasteiger charge is -2.08. The van der Waals surface area contributed by atoms with E-state index in [9.17, 15) is 0 Å². The molecule has 4 heteroatoms. The van der Waals surface area contributed by atoms with Crippen LogP contribution in [0.15, 0.2) is 30.3 Å². The minimum absolute atomic E-state index is 0.115. The average molecular weight is 271 g/mol. The zero-order chi connectivity index (χ0) is 13.9. The molecule has 2 heterocycles. The number of nitrogens with zero attached hydrogens (tertiary/aromatic N) is 2.